The van der Waals surface area contributed by atoms with Gasteiger partial charge in [0.25, 0.3) is 5.91 Å². The standard InChI is InChI=1S/C16H20BrNO7S/c1-23-13-5-10(12(17)7-14(13)24-2)6-16(20)25-8-15(19)18-11-3-4-26(21,22)9-11/h5,7,11H,3-4,6,8-9H2,1-2H3,(H,18,19). The molecule has 2 rings (SSSR count). The zero-order valence-electron chi connectivity index (χ0n) is 14.4. The summed E-state index contributed by atoms with van der Waals surface area (Å²) >= 11 is 3.35. The van der Waals surface area contributed by atoms with Gasteiger partial charge in [0.2, 0.25) is 0 Å². The van der Waals surface area contributed by atoms with Gasteiger partial charge in [-0.05, 0) is 24.1 Å². The monoisotopic (exact) mass is 449 g/mol. The predicted molar refractivity (Wildman–Crippen MR) is 97.1 cm³/mol. The normalized spacial score (nSPS) is 18.2. The molecule has 1 N–H and O–H groups in total. The van der Waals surface area contributed by atoms with Crippen LogP contribution in [0.1, 0.15) is 12.0 Å². The topological polar surface area (TPSA) is 108 Å². The van der Waals surface area contributed by atoms with Crippen molar-refractivity contribution in [1.82, 2.24) is 5.32 Å². The zero-order chi connectivity index (χ0) is 19.3. The van der Waals surface area contributed by atoms with Gasteiger partial charge in [-0.25, -0.2) is 8.42 Å². The van der Waals surface area contributed by atoms with Crippen LogP contribution < -0.4 is 14.8 Å². The van der Waals surface area contributed by atoms with E-state index in [1.54, 1.807) is 12.1 Å². The molecule has 1 saturated heterocycles. The molecule has 1 amide bonds. The Hall–Kier alpha value is -1.81. The van der Waals surface area contributed by atoms with Gasteiger partial charge in [-0.2, -0.15) is 0 Å². The molecule has 10 heteroatoms. The molecule has 1 heterocycles. The first-order valence-corrected chi connectivity index (χ1v) is 10.4. The molecule has 0 saturated carbocycles. The molecule has 1 fully saturated rings. The molecule has 8 nitrogen and oxygen atoms in total. The summed E-state index contributed by atoms with van der Waals surface area (Å²) in [5.41, 5.74) is 0.620. The average Bonchev–Trinajstić information content (AvgIpc) is 2.92. The van der Waals surface area contributed by atoms with Crippen molar-refractivity contribution in [1.29, 1.82) is 0 Å². The van der Waals surface area contributed by atoms with E-state index in [0.717, 1.165) is 0 Å². The van der Waals surface area contributed by atoms with Crippen LogP contribution >= 0.6 is 15.9 Å². The van der Waals surface area contributed by atoms with Crippen molar-refractivity contribution in [3.05, 3.63) is 22.2 Å². The van der Waals surface area contributed by atoms with E-state index in [-0.39, 0.29) is 17.9 Å². The molecule has 0 spiro atoms. The van der Waals surface area contributed by atoms with Crippen LogP contribution in [0.3, 0.4) is 0 Å². The lowest BCUT2D eigenvalue weighted by Crippen LogP contribution is -2.38. The average molecular weight is 450 g/mol. The SMILES string of the molecule is COc1cc(Br)c(CC(=O)OCC(=O)NC2CCS(=O)(=O)C2)cc1OC. The number of carbonyl (C=O) groups excluding carboxylic acids is 2. The number of hydrogen-bond acceptors (Lipinski definition) is 7. The first kappa shape index (κ1) is 20.5. The van der Waals surface area contributed by atoms with Gasteiger partial charge in [0.15, 0.2) is 27.9 Å². The molecule has 0 aromatic heterocycles. The number of sulfone groups is 1. The maximum Gasteiger partial charge on any atom is 0.310 e. The largest absolute Gasteiger partial charge is 0.493 e. The lowest BCUT2D eigenvalue weighted by atomic mass is 10.1. The van der Waals surface area contributed by atoms with Crippen LogP contribution in [0.2, 0.25) is 0 Å². The quantitative estimate of drug-likeness (QED) is 0.614. The highest BCUT2D eigenvalue weighted by atomic mass is 79.9. The highest BCUT2D eigenvalue weighted by molar-refractivity contribution is 9.10. The molecule has 1 aliphatic heterocycles. The van der Waals surface area contributed by atoms with Crippen molar-refractivity contribution in [2.75, 3.05) is 32.3 Å². The van der Waals surface area contributed by atoms with E-state index in [4.69, 9.17) is 14.2 Å². The number of esters is 1. The van der Waals surface area contributed by atoms with Crippen LogP contribution in [-0.4, -0.2) is 58.7 Å². The third-order valence-corrected chi connectivity index (χ3v) is 6.36. The summed E-state index contributed by atoms with van der Waals surface area (Å²) in [6.07, 6.45) is 0.312. The van der Waals surface area contributed by atoms with Gasteiger partial charge in [-0.3, -0.25) is 9.59 Å². The molecule has 26 heavy (non-hydrogen) atoms. The van der Waals surface area contributed by atoms with Crippen molar-refractivity contribution < 1.29 is 32.2 Å². The number of ether oxygens (including phenoxy) is 3. The van der Waals surface area contributed by atoms with Crippen molar-refractivity contribution in [2.24, 2.45) is 0 Å². The van der Waals surface area contributed by atoms with Gasteiger partial charge < -0.3 is 19.5 Å². The van der Waals surface area contributed by atoms with Gasteiger partial charge in [-0.15, -0.1) is 0 Å². The van der Waals surface area contributed by atoms with E-state index < -0.39 is 34.4 Å². The summed E-state index contributed by atoms with van der Waals surface area (Å²) in [6.45, 7) is -0.458. The third-order valence-electron chi connectivity index (χ3n) is 3.85. The fourth-order valence-electron chi connectivity index (χ4n) is 2.56. The fourth-order valence-corrected chi connectivity index (χ4v) is 4.70. The summed E-state index contributed by atoms with van der Waals surface area (Å²) in [5, 5.41) is 2.56. The molecule has 1 aliphatic rings. The van der Waals surface area contributed by atoms with Gasteiger partial charge in [-0.1, -0.05) is 15.9 Å². The number of nitrogens with one attached hydrogen (secondary N) is 1. The van der Waals surface area contributed by atoms with Gasteiger partial charge >= 0.3 is 5.97 Å². The molecule has 1 aromatic carbocycles. The van der Waals surface area contributed by atoms with E-state index in [0.29, 0.717) is 28.0 Å². The van der Waals surface area contributed by atoms with Crippen LogP contribution in [0.4, 0.5) is 0 Å². The van der Waals surface area contributed by atoms with Gasteiger partial charge in [0, 0.05) is 10.5 Å². The summed E-state index contributed by atoms with van der Waals surface area (Å²) in [4.78, 5) is 23.8. The lowest BCUT2D eigenvalue weighted by Gasteiger charge is -2.13. The highest BCUT2D eigenvalue weighted by Gasteiger charge is 2.29. The highest BCUT2D eigenvalue weighted by Crippen LogP contribution is 2.33. The van der Waals surface area contributed by atoms with Crippen LogP contribution in [0.25, 0.3) is 0 Å². The molecule has 0 bridgehead atoms. The molecular weight excluding hydrogens is 430 g/mol. The smallest absolute Gasteiger partial charge is 0.310 e. The molecular formula is C16H20BrNO7S. The van der Waals surface area contributed by atoms with E-state index in [1.165, 1.54) is 14.2 Å². The first-order chi connectivity index (χ1) is 12.2. The Bertz CT molecular complexity index is 794. The number of amides is 1. The molecule has 1 aromatic rings. The number of rotatable bonds is 7. The van der Waals surface area contributed by atoms with Crippen molar-refractivity contribution in [3.8, 4) is 11.5 Å². The minimum atomic E-state index is -3.08. The van der Waals surface area contributed by atoms with Gasteiger partial charge in [0.1, 0.15) is 0 Å². The van der Waals surface area contributed by atoms with Crippen molar-refractivity contribution >= 4 is 37.6 Å². The minimum absolute atomic E-state index is 0.0606. The Kier molecular flexibility index (Phi) is 6.87. The summed E-state index contributed by atoms with van der Waals surface area (Å²) in [6, 6.07) is 2.90. The molecule has 144 valence electrons. The van der Waals surface area contributed by atoms with E-state index in [1.807, 2.05) is 0 Å². The lowest BCUT2D eigenvalue weighted by molar-refractivity contribution is -0.148. The second kappa shape index (κ2) is 8.72. The Balaban J connectivity index is 1.86. The first-order valence-electron chi connectivity index (χ1n) is 7.80. The minimum Gasteiger partial charge on any atom is -0.493 e. The number of methoxy groups -OCH3 is 2. The van der Waals surface area contributed by atoms with Crippen LogP contribution in [0.5, 0.6) is 11.5 Å². The molecule has 1 atom stereocenters. The van der Waals surface area contributed by atoms with E-state index in [2.05, 4.69) is 21.2 Å². The maximum absolute atomic E-state index is 12.0. The van der Waals surface area contributed by atoms with E-state index in [9.17, 15) is 18.0 Å². The zero-order valence-corrected chi connectivity index (χ0v) is 16.8. The predicted octanol–water partition coefficient (Wildman–Crippen LogP) is 0.855. The molecule has 1 unspecified atom stereocenters. The maximum atomic E-state index is 12.0. The number of benzene rings is 1. The van der Waals surface area contributed by atoms with Crippen molar-refractivity contribution in [3.63, 3.8) is 0 Å². The molecule has 0 aliphatic carbocycles. The summed E-state index contributed by atoms with van der Waals surface area (Å²) < 4.78 is 38.7. The summed E-state index contributed by atoms with van der Waals surface area (Å²) in [5.74, 6) is -0.143. The number of hydrogen-bond donors (Lipinski definition) is 1. The number of carbonyl (C=O) groups is 2. The van der Waals surface area contributed by atoms with Crippen LogP contribution in [0.15, 0.2) is 16.6 Å². The van der Waals surface area contributed by atoms with Crippen LogP contribution in [-0.2, 0) is 30.6 Å². The van der Waals surface area contributed by atoms with E-state index >= 15 is 0 Å². The second-order valence-electron chi connectivity index (χ2n) is 5.80. The summed E-state index contributed by atoms with van der Waals surface area (Å²) in [7, 11) is -0.0861. The van der Waals surface area contributed by atoms with Gasteiger partial charge in [0.05, 0.1) is 32.1 Å². The third kappa shape index (κ3) is 5.60. The van der Waals surface area contributed by atoms with Crippen LogP contribution in [0, 0.1) is 0 Å². The molecule has 0 radical (unpaired) electrons. The Morgan fingerprint density at radius 1 is 1.23 bits per heavy atom. The Morgan fingerprint density at radius 2 is 1.88 bits per heavy atom. The fraction of sp³-hybridized carbons (Fsp3) is 0.500. The second-order valence-corrected chi connectivity index (χ2v) is 8.89. The number of halogens is 1. The van der Waals surface area contributed by atoms with Crippen molar-refractivity contribution in [2.45, 2.75) is 18.9 Å². The Labute approximate surface area is 160 Å². The Morgan fingerprint density at radius 3 is 2.46 bits per heavy atom.